The van der Waals surface area contributed by atoms with Crippen molar-refractivity contribution in [2.75, 3.05) is 19.5 Å². The van der Waals surface area contributed by atoms with Gasteiger partial charge in [0.05, 0.1) is 7.11 Å². The molecule has 0 saturated carbocycles. The summed E-state index contributed by atoms with van der Waals surface area (Å²) in [6.07, 6.45) is 3.34. The van der Waals surface area contributed by atoms with Gasteiger partial charge in [0.2, 0.25) is 11.8 Å². The van der Waals surface area contributed by atoms with E-state index in [9.17, 15) is 0 Å². The van der Waals surface area contributed by atoms with Crippen molar-refractivity contribution in [2.24, 2.45) is 0 Å². The van der Waals surface area contributed by atoms with E-state index < -0.39 is 0 Å². The van der Waals surface area contributed by atoms with Gasteiger partial charge in [0.15, 0.2) is 10.3 Å². The van der Waals surface area contributed by atoms with Crippen molar-refractivity contribution in [3.63, 3.8) is 0 Å². The van der Waals surface area contributed by atoms with Gasteiger partial charge in [-0.15, -0.1) is 0 Å². The number of hydrogen-bond donors (Lipinski definition) is 2. The van der Waals surface area contributed by atoms with E-state index in [1.54, 1.807) is 31.6 Å². The largest absolute Gasteiger partial charge is 0.481 e. The Labute approximate surface area is 125 Å². The number of nitrogens with zero attached hydrogens (tertiary/aromatic N) is 4. The summed E-state index contributed by atoms with van der Waals surface area (Å²) in [6.45, 7) is 0. The summed E-state index contributed by atoms with van der Waals surface area (Å²) < 4.78 is 5.14. The Morgan fingerprint density at radius 2 is 2.05 bits per heavy atom. The molecule has 104 valence electrons. The van der Waals surface area contributed by atoms with Crippen molar-refractivity contribution >= 4 is 35.0 Å². The number of aromatic nitrogens is 4. The summed E-state index contributed by atoms with van der Waals surface area (Å²) in [5, 5.41) is 7.32. The van der Waals surface area contributed by atoms with Gasteiger partial charge < -0.3 is 15.4 Å². The first-order valence-corrected chi connectivity index (χ1v) is 6.80. The fourth-order valence-electron chi connectivity index (χ4n) is 1.21. The monoisotopic (exact) mass is 308 g/mol. The average Bonchev–Trinajstić information content (AvgIpc) is 2.47. The average molecular weight is 308 g/mol. The first-order valence-electron chi connectivity index (χ1n) is 5.58. The first-order chi connectivity index (χ1) is 9.71. The molecule has 0 amide bonds. The lowest BCUT2D eigenvalue weighted by Crippen LogP contribution is -2.25. The zero-order valence-corrected chi connectivity index (χ0v) is 12.5. The molecule has 0 radical (unpaired) electrons. The van der Waals surface area contributed by atoms with Crippen LogP contribution in [0.1, 0.15) is 0 Å². The molecule has 0 saturated heterocycles. The van der Waals surface area contributed by atoms with Gasteiger partial charge in [-0.3, -0.25) is 0 Å². The summed E-state index contributed by atoms with van der Waals surface area (Å²) >= 11 is 6.32. The maximum Gasteiger partial charge on any atom is 0.233 e. The van der Waals surface area contributed by atoms with Gasteiger partial charge in [-0.2, -0.15) is 4.98 Å². The second kappa shape index (κ2) is 6.96. The molecule has 2 aromatic rings. The fraction of sp³-hybridized carbons (Fsp3) is 0.182. The zero-order valence-electron chi connectivity index (χ0n) is 10.8. The molecular formula is C11H12N6OS2. The van der Waals surface area contributed by atoms with Gasteiger partial charge in [0, 0.05) is 25.5 Å². The maximum absolute atomic E-state index is 5.14. The van der Waals surface area contributed by atoms with Crippen LogP contribution in [0.25, 0.3) is 0 Å². The molecule has 2 N–H and O–H groups in total. The molecule has 0 aliphatic carbocycles. The fourth-order valence-corrected chi connectivity index (χ4v) is 2.01. The third-order valence-corrected chi connectivity index (χ3v) is 3.20. The summed E-state index contributed by atoms with van der Waals surface area (Å²) in [5.74, 6) is 0.780. The van der Waals surface area contributed by atoms with Crippen molar-refractivity contribution in [1.29, 1.82) is 0 Å². The minimum atomic E-state index is 0.349. The lowest BCUT2D eigenvalue weighted by Gasteiger charge is -2.08. The van der Waals surface area contributed by atoms with Crippen molar-refractivity contribution in [3.05, 3.63) is 24.5 Å². The van der Waals surface area contributed by atoms with Crippen molar-refractivity contribution in [3.8, 4) is 5.88 Å². The molecule has 0 unspecified atom stereocenters. The molecule has 9 heteroatoms. The minimum Gasteiger partial charge on any atom is -0.481 e. The van der Waals surface area contributed by atoms with E-state index in [1.807, 2.05) is 0 Å². The molecule has 20 heavy (non-hydrogen) atoms. The Balaban J connectivity index is 2.23. The molecule has 2 heterocycles. The van der Waals surface area contributed by atoms with Gasteiger partial charge >= 0.3 is 0 Å². The van der Waals surface area contributed by atoms with Gasteiger partial charge in [-0.1, -0.05) is 0 Å². The van der Waals surface area contributed by atoms with Crippen LogP contribution in [-0.2, 0) is 0 Å². The smallest absolute Gasteiger partial charge is 0.233 e. The third-order valence-electron chi connectivity index (χ3n) is 2.08. The number of anilines is 1. The van der Waals surface area contributed by atoms with E-state index >= 15 is 0 Å². The maximum atomic E-state index is 5.14. The van der Waals surface area contributed by atoms with E-state index in [2.05, 4.69) is 30.6 Å². The zero-order chi connectivity index (χ0) is 14.4. The van der Waals surface area contributed by atoms with E-state index in [0.29, 0.717) is 27.1 Å². The van der Waals surface area contributed by atoms with Gasteiger partial charge in [-0.05, 0) is 30.0 Å². The number of methoxy groups -OCH3 is 1. The number of rotatable bonds is 4. The van der Waals surface area contributed by atoms with E-state index in [0.717, 1.165) is 0 Å². The summed E-state index contributed by atoms with van der Waals surface area (Å²) in [7, 11) is 3.25. The standard InChI is InChI=1S/C11H12N6OS2/c1-12-10(19)17-9-15-7(18-2)6-8(16-9)20-11-13-4-3-5-14-11/h3-6H,1-2H3,(H2,12,15,16,17,19). The quantitative estimate of drug-likeness (QED) is 0.493. The van der Waals surface area contributed by atoms with Crippen LogP contribution >= 0.6 is 24.0 Å². The Morgan fingerprint density at radius 1 is 1.30 bits per heavy atom. The highest BCUT2D eigenvalue weighted by atomic mass is 32.2. The van der Waals surface area contributed by atoms with Crippen LogP contribution in [-0.4, -0.2) is 39.2 Å². The molecule has 0 aliphatic heterocycles. The second-order valence-electron chi connectivity index (χ2n) is 3.41. The summed E-state index contributed by atoms with van der Waals surface area (Å²) in [4.78, 5) is 16.7. The molecule has 2 aromatic heterocycles. The number of hydrogen-bond acceptors (Lipinski definition) is 7. The van der Waals surface area contributed by atoms with Crippen LogP contribution in [0.3, 0.4) is 0 Å². The van der Waals surface area contributed by atoms with Gasteiger partial charge in [0.1, 0.15) is 5.03 Å². The lowest BCUT2D eigenvalue weighted by atomic mass is 10.6. The summed E-state index contributed by atoms with van der Waals surface area (Å²) in [5.41, 5.74) is 0. The van der Waals surface area contributed by atoms with Crippen LogP contribution in [0, 0.1) is 0 Å². The highest BCUT2D eigenvalue weighted by Crippen LogP contribution is 2.25. The van der Waals surface area contributed by atoms with Crippen LogP contribution in [0.15, 0.2) is 34.7 Å². The highest BCUT2D eigenvalue weighted by Gasteiger charge is 2.08. The van der Waals surface area contributed by atoms with Crippen molar-refractivity contribution in [1.82, 2.24) is 25.3 Å². The Hall–Kier alpha value is -2.00. The van der Waals surface area contributed by atoms with E-state index in [4.69, 9.17) is 17.0 Å². The third kappa shape index (κ3) is 4.00. The Bertz CT molecular complexity index is 595. The molecule has 0 atom stereocenters. The summed E-state index contributed by atoms with van der Waals surface area (Å²) in [6, 6.07) is 3.46. The normalized spacial score (nSPS) is 9.90. The predicted molar refractivity (Wildman–Crippen MR) is 80.0 cm³/mol. The number of ether oxygens (including phenoxy) is 1. The van der Waals surface area contributed by atoms with Crippen LogP contribution in [0.5, 0.6) is 5.88 Å². The molecule has 2 rings (SSSR count). The minimum absolute atomic E-state index is 0.349. The molecule has 0 aliphatic rings. The SMILES string of the molecule is CNC(=S)Nc1nc(OC)cc(Sc2ncccn2)n1. The van der Waals surface area contributed by atoms with Gasteiger partial charge in [0.25, 0.3) is 0 Å². The number of nitrogens with one attached hydrogen (secondary N) is 2. The molecule has 0 aromatic carbocycles. The topological polar surface area (TPSA) is 84.9 Å². The predicted octanol–water partition coefficient (Wildman–Crippen LogP) is 1.34. The molecule has 0 spiro atoms. The Morgan fingerprint density at radius 3 is 2.70 bits per heavy atom. The number of thiocarbonyl (C=S) groups is 1. The first kappa shape index (κ1) is 14.4. The molecule has 0 bridgehead atoms. The van der Waals surface area contributed by atoms with Crippen molar-refractivity contribution in [2.45, 2.75) is 10.2 Å². The molecule has 0 fully saturated rings. The van der Waals surface area contributed by atoms with E-state index in [-0.39, 0.29) is 0 Å². The van der Waals surface area contributed by atoms with Crippen molar-refractivity contribution < 1.29 is 4.74 Å². The van der Waals surface area contributed by atoms with Gasteiger partial charge in [-0.25, -0.2) is 15.0 Å². The Kier molecular flexibility index (Phi) is 5.02. The highest BCUT2D eigenvalue weighted by molar-refractivity contribution is 7.99. The van der Waals surface area contributed by atoms with Crippen LogP contribution in [0.2, 0.25) is 0 Å². The van der Waals surface area contributed by atoms with Crippen LogP contribution in [0.4, 0.5) is 5.95 Å². The molecular weight excluding hydrogens is 296 g/mol. The van der Waals surface area contributed by atoms with Crippen LogP contribution < -0.4 is 15.4 Å². The van der Waals surface area contributed by atoms with E-state index in [1.165, 1.54) is 18.9 Å². The molecule has 7 nitrogen and oxygen atoms in total. The lowest BCUT2D eigenvalue weighted by molar-refractivity contribution is 0.396. The second-order valence-corrected chi connectivity index (χ2v) is 4.81.